The van der Waals surface area contributed by atoms with Crippen molar-refractivity contribution in [2.45, 2.75) is 12.6 Å². The fourth-order valence-corrected chi connectivity index (χ4v) is 1.41. The molecule has 0 aliphatic heterocycles. The smallest absolute Gasteiger partial charge is 0.408 e. The van der Waals surface area contributed by atoms with Crippen molar-refractivity contribution in [2.24, 2.45) is 0 Å². The van der Waals surface area contributed by atoms with E-state index in [1.165, 1.54) is 7.11 Å². The van der Waals surface area contributed by atoms with Gasteiger partial charge in [0.1, 0.15) is 12.6 Å². The van der Waals surface area contributed by atoms with E-state index in [1.54, 1.807) is 0 Å². The van der Waals surface area contributed by atoms with E-state index in [4.69, 9.17) is 16.3 Å². The number of hydrogen-bond donors (Lipinski definition) is 1. The highest BCUT2D eigenvalue weighted by Crippen LogP contribution is 2.01. The summed E-state index contributed by atoms with van der Waals surface area (Å²) in [6, 6.07) is 8.29. The number of nitrogens with one attached hydrogen (secondary N) is 1. The van der Waals surface area contributed by atoms with Gasteiger partial charge in [0.05, 0.1) is 13.0 Å². The molecule has 0 heterocycles. The molecule has 0 unspecified atom stereocenters. The average molecular weight is 272 g/mol. The molecule has 6 heteroatoms. The van der Waals surface area contributed by atoms with Crippen LogP contribution in [0.5, 0.6) is 0 Å². The van der Waals surface area contributed by atoms with Crippen molar-refractivity contribution in [3.8, 4) is 0 Å². The van der Waals surface area contributed by atoms with Crippen molar-refractivity contribution in [2.75, 3.05) is 13.0 Å². The predicted octanol–water partition coefficient (Wildman–Crippen LogP) is 1.69. The number of esters is 1. The monoisotopic (exact) mass is 271 g/mol. The molecule has 5 nitrogen and oxygen atoms in total. The molecule has 1 atom stereocenters. The van der Waals surface area contributed by atoms with Crippen molar-refractivity contribution >= 4 is 23.7 Å². The molecule has 0 saturated carbocycles. The number of benzene rings is 1. The van der Waals surface area contributed by atoms with E-state index in [0.717, 1.165) is 5.56 Å². The third-order valence-electron chi connectivity index (χ3n) is 2.14. The molecule has 0 bridgehead atoms. The first-order valence-corrected chi connectivity index (χ1v) is 5.82. The third kappa shape index (κ3) is 4.63. The molecule has 0 aromatic heterocycles. The van der Waals surface area contributed by atoms with Gasteiger partial charge in [0, 0.05) is 0 Å². The molecule has 1 rings (SSSR count). The van der Waals surface area contributed by atoms with Crippen LogP contribution in [-0.2, 0) is 20.9 Å². The highest BCUT2D eigenvalue weighted by atomic mass is 35.5. The van der Waals surface area contributed by atoms with Crippen molar-refractivity contribution in [1.82, 2.24) is 5.32 Å². The lowest BCUT2D eigenvalue weighted by atomic mass is 10.2. The molecule has 1 N–H and O–H groups in total. The van der Waals surface area contributed by atoms with Gasteiger partial charge in [-0.15, -0.1) is 11.6 Å². The minimum atomic E-state index is -0.903. The van der Waals surface area contributed by atoms with Crippen LogP contribution < -0.4 is 5.32 Å². The SMILES string of the molecule is COC(=O)[C@@H](CCl)NC(=O)OCc1ccccc1. The number of rotatable bonds is 5. The van der Waals surface area contributed by atoms with Gasteiger partial charge in [0.2, 0.25) is 0 Å². The van der Waals surface area contributed by atoms with Crippen molar-refractivity contribution in [1.29, 1.82) is 0 Å². The second kappa shape index (κ2) is 7.55. The van der Waals surface area contributed by atoms with Crippen LogP contribution in [0.25, 0.3) is 0 Å². The van der Waals surface area contributed by atoms with Crippen LogP contribution in [0.15, 0.2) is 30.3 Å². The Bertz CT molecular complexity index is 396. The second-order valence-electron chi connectivity index (χ2n) is 3.44. The first-order valence-electron chi connectivity index (χ1n) is 5.28. The second-order valence-corrected chi connectivity index (χ2v) is 3.74. The van der Waals surface area contributed by atoms with Gasteiger partial charge in [-0.05, 0) is 5.56 Å². The van der Waals surface area contributed by atoms with E-state index in [2.05, 4.69) is 10.1 Å². The van der Waals surface area contributed by atoms with Gasteiger partial charge in [-0.3, -0.25) is 0 Å². The van der Waals surface area contributed by atoms with E-state index in [0.29, 0.717) is 0 Å². The van der Waals surface area contributed by atoms with Gasteiger partial charge in [0.25, 0.3) is 0 Å². The lowest BCUT2D eigenvalue weighted by Gasteiger charge is -2.13. The maximum absolute atomic E-state index is 11.4. The van der Waals surface area contributed by atoms with Gasteiger partial charge < -0.3 is 14.8 Å². The molecule has 1 aromatic rings. The molecular formula is C12H14ClNO4. The number of methoxy groups -OCH3 is 1. The molecule has 0 aliphatic carbocycles. The van der Waals surface area contributed by atoms with Gasteiger partial charge in [-0.25, -0.2) is 9.59 Å². The molecule has 0 aliphatic rings. The zero-order chi connectivity index (χ0) is 13.4. The first-order chi connectivity index (χ1) is 8.67. The zero-order valence-corrected chi connectivity index (χ0v) is 10.6. The summed E-state index contributed by atoms with van der Waals surface area (Å²) < 4.78 is 9.41. The Morgan fingerprint density at radius 1 is 1.33 bits per heavy atom. The Hall–Kier alpha value is -1.75. The van der Waals surface area contributed by atoms with Gasteiger partial charge in [-0.1, -0.05) is 30.3 Å². The van der Waals surface area contributed by atoms with Crippen molar-refractivity contribution in [3.05, 3.63) is 35.9 Å². The summed E-state index contributed by atoms with van der Waals surface area (Å²) in [5, 5.41) is 2.32. The van der Waals surface area contributed by atoms with E-state index in [-0.39, 0.29) is 12.5 Å². The maximum atomic E-state index is 11.4. The lowest BCUT2D eigenvalue weighted by molar-refractivity contribution is -0.142. The Kier molecular flexibility index (Phi) is 6.00. The highest BCUT2D eigenvalue weighted by molar-refractivity contribution is 6.19. The van der Waals surface area contributed by atoms with Crippen molar-refractivity contribution in [3.63, 3.8) is 0 Å². The molecule has 0 fully saturated rings. The van der Waals surface area contributed by atoms with E-state index < -0.39 is 18.1 Å². The van der Waals surface area contributed by atoms with Gasteiger partial charge in [-0.2, -0.15) is 0 Å². The van der Waals surface area contributed by atoms with E-state index >= 15 is 0 Å². The normalized spacial score (nSPS) is 11.4. The summed E-state index contributed by atoms with van der Waals surface area (Å²) in [5.74, 6) is -0.686. The first kappa shape index (κ1) is 14.3. The topological polar surface area (TPSA) is 64.6 Å². The number of halogens is 1. The highest BCUT2D eigenvalue weighted by Gasteiger charge is 2.20. The quantitative estimate of drug-likeness (QED) is 0.654. The molecular weight excluding hydrogens is 258 g/mol. The van der Waals surface area contributed by atoms with Gasteiger partial charge >= 0.3 is 12.1 Å². The average Bonchev–Trinajstić information content (AvgIpc) is 2.42. The van der Waals surface area contributed by atoms with Crippen LogP contribution in [0.1, 0.15) is 5.56 Å². The van der Waals surface area contributed by atoms with Crippen LogP contribution in [0.2, 0.25) is 0 Å². The van der Waals surface area contributed by atoms with E-state index in [9.17, 15) is 9.59 Å². The van der Waals surface area contributed by atoms with Gasteiger partial charge in [0.15, 0.2) is 0 Å². The van der Waals surface area contributed by atoms with E-state index in [1.807, 2.05) is 30.3 Å². The Morgan fingerprint density at radius 2 is 2.00 bits per heavy atom. The lowest BCUT2D eigenvalue weighted by Crippen LogP contribution is -2.43. The third-order valence-corrected chi connectivity index (χ3v) is 2.45. The van der Waals surface area contributed by atoms with Crippen LogP contribution in [-0.4, -0.2) is 31.1 Å². The number of alkyl carbamates (subject to hydrolysis) is 1. The fraction of sp³-hybridized carbons (Fsp3) is 0.333. The van der Waals surface area contributed by atoms with Crippen LogP contribution in [0.4, 0.5) is 4.79 Å². The minimum Gasteiger partial charge on any atom is -0.467 e. The van der Waals surface area contributed by atoms with Crippen LogP contribution in [0, 0.1) is 0 Å². The Morgan fingerprint density at radius 3 is 2.56 bits per heavy atom. The Balaban J connectivity index is 2.39. The standard InChI is InChI=1S/C12H14ClNO4/c1-17-11(15)10(7-13)14-12(16)18-8-9-5-3-2-4-6-9/h2-6,10H,7-8H2,1H3,(H,14,16)/t10-/m1/s1. The largest absolute Gasteiger partial charge is 0.467 e. The summed E-state index contributed by atoms with van der Waals surface area (Å²) in [5.41, 5.74) is 0.855. The molecule has 1 aromatic carbocycles. The number of hydrogen-bond acceptors (Lipinski definition) is 4. The number of carbonyl (C=O) groups excluding carboxylic acids is 2. The Labute approximate surface area is 110 Å². The summed E-state index contributed by atoms with van der Waals surface area (Å²) in [4.78, 5) is 22.6. The minimum absolute atomic E-state index is 0.0763. The molecule has 18 heavy (non-hydrogen) atoms. The molecule has 0 radical (unpaired) electrons. The fourth-order valence-electron chi connectivity index (χ4n) is 1.21. The predicted molar refractivity (Wildman–Crippen MR) is 66.3 cm³/mol. The summed E-state index contributed by atoms with van der Waals surface area (Å²) in [7, 11) is 1.22. The van der Waals surface area contributed by atoms with Crippen LogP contribution in [0.3, 0.4) is 0 Å². The molecule has 1 amide bonds. The summed E-state index contributed by atoms with van der Waals surface area (Å²) in [6.45, 7) is 0.128. The number of alkyl halides is 1. The summed E-state index contributed by atoms with van der Waals surface area (Å²) in [6.07, 6.45) is -0.713. The zero-order valence-electron chi connectivity index (χ0n) is 9.89. The molecule has 98 valence electrons. The number of amides is 1. The summed E-state index contributed by atoms with van der Waals surface area (Å²) >= 11 is 5.53. The number of ether oxygens (including phenoxy) is 2. The molecule has 0 spiro atoms. The maximum Gasteiger partial charge on any atom is 0.408 e. The van der Waals surface area contributed by atoms with Crippen LogP contribution >= 0.6 is 11.6 Å². The number of carbonyl (C=O) groups is 2. The van der Waals surface area contributed by atoms with Crippen molar-refractivity contribution < 1.29 is 19.1 Å². The molecule has 0 saturated heterocycles.